The number of benzene rings is 3. The monoisotopic (exact) mass is 344 g/mol. The van der Waals surface area contributed by atoms with Crippen molar-refractivity contribution in [1.29, 1.82) is 0 Å². The van der Waals surface area contributed by atoms with E-state index in [4.69, 9.17) is 16.6 Å². The summed E-state index contributed by atoms with van der Waals surface area (Å²) in [6, 6.07) is 26.5. The van der Waals surface area contributed by atoms with E-state index < -0.39 is 0 Å². The number of fused-ring (bicyclic) bond motifs is 1. The third-order valence-corrected chi connectivity index (χ3v) is 4.47. The van der Waals surface area contributed by atoms with Gasteiger partial charge in [0.15, 0.2) is 0 Å². The summed E-state index contributed by atoms with van der Waals surface area (Å²) < 4.78 is 2.20. The van der Waals surface area contributed by atoms with Gasteiger partial charge < -0.3 is 4.57 Å². The average Bonchev–Trinajstić information content (AvgIpc) is 3.01. The Labute approximate surface area is 152 Å². The Morgan fingerprint density at radius 1 is 0.800 bits per heavy atom. The third-order valence-electron chi connectivity index (χ3n) is 4.17. The summed E-state index contributed by atoms with van der Waals surface area (Å²) in [7, 11) is 0. The lowest BCUT2D eigenvalue weighted by Gasteiger charge is -2.07. The number of hydrogen-bond donors (Lipinski definition) is 0. The van der Waals surface area contributed by atoms with E-state index in [-0.39, 0.29) is 0 Å². The summed E-state index contributed by atoms with van der Waals surface area (Å²) in [4.78, 5) is 4.77. The van der Waals surface area contributed by atoms with E-state index in [1.54, 1.807) is 0 Å². The molecule has 0 spiro atoms. The van der Waals surface area contributed by atoms with Crippen LogP contribution in [0.25, 0.3) is 23.2 Å². The standard InChI is InChI=1S/C22H17ClN2/c23-19-12-7-13-20-22(19)24-21(15-14-17-8-3-1-4-9-17)25(20)16-18-10-5-2-6-11-18/h1-15H,16H2. The van der Waals surface area contributed by atoms with Crippen LogP contribution < -0.4 is 0 Å². The molecule has 0 amide bonds. The van der Waals surface area contributed by atoms with Crippen molar-refractivity contribution >= 4 is 34.8 Å². The Morgan fingerprint density at radius 3 is 2.28 bits per heavy atom. The summed E-state index contributed by atoms with van der Waals surface area (Å²) in [6.07, 6.45) is 4.13. The molecule has 0 saturated carbocycles. The van der Waals surface area contributed by atoms with Crippen molar-refractivity contribution in [3.05, 3.63) is 101 Å². The van der Waals surface area contributed by atoms with Crippen LogP contribution in [0.15, 0.2) is 78.9 Å². The number of imidazole rings is 1. The molecule has 0 radical (unpaired) electrons. The summed E-state index contributed by atoms with van der Waals surface area (Å²) in [5.41, 5.74) is 4.26. The van der Waals surface area contributed by atoms with Gasteiger partial charge in [0, 0.05) is 6.54 Å². The zero-order valence-electron chi connectivity index (χ0n) is 13.6. The van der Waals surface area contributed by atoms with Gasteiger partial charge >= 0.3 is 0 Å². The lowest BCUT2D eigenvalue weighted by Crippen LogP contribution is -2.01. The molecule has 0 saturated heterocycles. The van der Waals surface area contributed by atoms with Crippen LogP contribution in [-0.2, 0) is 6.54 Å². The van der Waals surface area contributed by atoms with Gasteiger partial charge in [-0.05, 0) is 29.3 Å². The smallest absolute Gasteiger partial charge is 0.134 e. The van der Waals surface area contributed by atoms with Gasteiger partial charge in [0.1, 0.15) is 11.3 Å². The molecule has 0 atom stereocenters. The number of nitrogens with zero attached hydrogens (tertiary/aromatic N) is 2. The van der Waals surface area contributed by atoms with E-state index in [0.29, 0.717) is 5.02 Å². The summed E-state index contributed by atoms with van der Waals surface area (Å²) in [5.74, 6) is 0.899. The predicted molar refractivity (Wildman–Crippen MR) is 106 cm³/mol. The Kier molecular flexibility index (Phi) is 4.36. The molecule has 3 aromatic carbocycles. The normalized spacial score (nSPS) is 11.4. The maximum atomic E-state index is 6.36. The van der Waals surface area contributed by atoms with Crippen LogP contribution in [-0.4, -0.2) is 9.55 Å². The molecule has 0 fully saturated rings. The Bertz CT molecular complexity index is 1020. The van der Waals surface area contributed by atoms with Crippen molar-refractivity contribution in [3.8, 4) is 0 Å². The van der Waals surface area contributed by atoms with Gasteiger partial charge in [-0.25, -0.2) is 4.98 Å². The average molecular weight is 345 g/mol. The first-order chi connectivity index (χ1) is 12.3. The van der Waals surface area contributed by atoms with Crippen molar-refractivity contribution in [1.82, 2.24) is 9.55 Å². The highest BCUT2D eigenvalue weighted by Gasteiger charge is 2.11. The molecule has 0 unspecified atom stereocenters. The van der Waals surface area contributed by atoms with E-state index in [1.807, 2.05) is 36.4 Å². The molecular weight excluding hydrogens is 328 g/mol. The molecule has 4 rings (SSSR count). The topological polar surface area (TPSA) is 17.8 Å². The highest BCUT2D eigenvalue weighted by molar-refractivity contribution is 6.34. The van der Waals surface area contributed by atoms with Gasteiger partial charge in [-0.2, -0.15) is 0 Å². The minimum atomic E-state index is 0.679. The largest absolute Gasteiger partial charge is 0.320 e. The van der Waals surface area contributed by atoms with E-state index >= 15 is 0 Å². The number of halogens is 1. The Morgan fingerprint density at radius 2 is 1.52 bits per heavy atom. The maximum absolute atomic E-state index is 6.36. The minimum Gasteiger partial charge on any atom is -0.320 e. The molecule has 0 bridgehead atoms. The molecule has 25 heavy (non-hydrogen) atoms. The van der Waals surface area contributed by atoms with Crippen LogP contribution in [0, 0.1) is 0 Å². The first kappa shape index (κ1) is 15.7. The number of rotatable bonds is 4. The van der Waals surface area contributed by atoms with Crippen LogP contribution in [0.4, 0.5) is 0 Å². The predicted octanol–water partition coefficient (Wildman–Crippen LogP) is 5.91. The van der Waals surface area contributed by atoms with Gasteiger partial charge in [0.2, 0.25) is 0 Å². The van der Waals surface area contributed by atoms with Crippen LogP contribution in [0.3, 0.4) is 0 Å². The van der Waals surface area contributed by atoms with Gasteiger partial charge in [-0.3, -0.25) is 0 Å². The van der Waals surface area contributed by atoms with E-state index in [0.717, 1.165) is 29.0 Å². The first-order valence-corrected chi connectivity index (χ1v) is 8.61. The second-order valence-electron chi connectivity index (χ2n) is 5.89. The summed E-state index contributed by atoms with van der Waals surface area (Å²) in [5, 5.41) is 0.679. The fraction of sp³-hybridized carbons (Fsp3) is 0.0455. The van der Waals surface area contributed by atoms with E-state index in [2.05, 4.69) is 59.2 Å². The lowest BCUT2D eigenvalue weighted by molar-refractivity contribution is 0.814. The molecule has 0 aliphatic carbocycles. The van der Waals surface area contributed by atoms with Crippen LogP contribution in [0.2, 0.25) is 5.02 Å². The zero-order chi connectivity index (χ0) is 17.1. The highest BCUT2D eigenvalue weighted by atomic mass is 35.5. The van der Waals surface area contributed by atoms with Gasteiger partial charge in [-0.1, -0.05) is 84.4 Å². The quantitative estimate of drug-likeness (QED) is 0.450. The molecule has 4 aromatic rings. The second-order valence-corrected chi connectivity index (χ2v) is 6.30. The molecule has 122 valence electrons. The van der Waals surface area contributed by atoms with Crippen molar-refractivity contribution in [2.75, 3.05) is 0 Å². The minimum absolute atomic E-state index is 0.679. The maximum Gasteiger partial charge on any atom is 0.134 e. The van der Waals surface area contributed by atoms with Crippen LogP contribution >= 0.6 is 11.6 Å². The fourth-order valence-corrected chi connectivity index (χ4v) is 3.14. The van der Waals surface area contributed by atoms with Crippen molar-refractivity contribution in [2.24, 2.45) is 0 Å². The van der Waals surface area contributed by atoms with E-state index in [1.165, 1.54) is 5.56 Å². The second kappa shape index (κ2) is 6.96. The molecule has 0 N–H and O–H groups in total. The Balaban J connectivity index is 1.81. The summed E-state index contributed by atoms with van der Waals surface area (Å²) in [6.45, 7) is 0.756. The Hall–Kier alpha value is -2.84. The zero-order valence-corrected chi connectivity index (χ0v) is 14.4. The van der Waals surface area contributed by atoms with Crippen molar-refractivity contribution < 1.29 is 0 Å². The SMILES string of the molecule is Clc1cccc2c1nc(C=Cc1ccccc1)n2Cc1ccccc1. The van der Waals surface area contributed by atoms with Gasteiger partial charge in [0.25, 0.3) is 0 Å². The lowest BCUT2D eigenvalue weighted by atomic mass is 10.2. The fourth-order valence-electron chi connectivity index (χ4n) is 2.93. The number of aromatic nitrogens is 2. The molecule has 0 aliphatic heterocycles. The number of para-hydroxylation sites is 1. The van der Waals surface area contributed by atoms with Crippen LogP contribution in [0.1, 0.15) is 17.0 Å². The van der Waals surface area contributed by atoms with Crippen molar-refractivity contribution in [2.45, 2.75) is 6.54 Å². The molecule has 3 heteroatoms. The summed E-state index contributed by atoms with van der Waals surface area (Å²) >= 11 is 6.36. The van der Waals surface area contributed by atoms with Crippen molar-refractivity contribution in [3.63, 3.8) is 0 Å². The van der Waals surface area contributed by atoms with Gasteiger partial charge in [-0.15, -0.1) is 0 Å². The molecule has 1 heterocycles. The van der Waals surface area contributed by atoms with E-state index in [9.17, 15) is 0 Å². The first-order valence-electron chi connectivity index (χ1n) is 8.23. The molecule has 0 aliphatic rings. The highest BCUT2D eigenvalue weighted by Crippen LogP contribution is 2.25. The third kappa shape index (κ3) is 3.35. The number of hydrogen-bond acceptors (Lipinski definition) is 1. The molecule has 1 aromatic heterocycles. The molecular formula is C22H17ClN2. The molecule has 2 nitrogen and oxygen atoms in total. The van der Waals surface area contributed by atoms with Gasteiger partial charge in [0.05, 0.1) is 10.5 Å². The van der Waals surface area contributed by atoms with Crippen LogP contribution in [0.5, 0.6) is 0 Å².